The van der Waals surface area contributed by atoms with Crippen LogP contribution in [0.2, 0.25) is 0 Å². The van der Waals surface area contributed by atoms with E-state index in [1.807, 2.05) is 36.4 Å². The van der Waals surface area contributed by atoms with Crippen LogP contribution in [0.1, 0.15) is 25.3 Å². The summed E-state index contributed by atoms with van der Waals surface area (Å²) in [6.07, 6.45) is 4.82. The Balaban J connectivity index is 1.88. The Hall–Kier alpha value is -2.56. The molecule has 1 fully saturated rings. The molecule has 0 aliphatic carbocycles. The molecule has 1 atom stereocenters. The largest absolute Gasteiger partial charge is 0.472 e. The summed E-state index contributed by atoms with van der Waals surface area (Å²) in [6.45, 7) is 2.61. The molecule has 23 heavy (non-hydrogen) atoms. The molecule has 0 unspecified atom stereocenters. The third-order valence-electron chi connectivity index (χ3n) is 4.20. The van der Waals surface area contributed by atoms with Gasteiger partial charge in [-0.05, 0) is 31.0 Å². The minimum Gasteiger partial charge on any atom is -0.472 e. The molecule has 0 bridgehead atoms. The van der Waals surface area contributed by atoms with Crippen molar-refractivity contribution in [3.8, 4) is 0 Å². The van der Waals surface area contributed by atoms with Gasteiger partial charge in [-0.3, -0.25) is 9.59 Å². The maximum absolute atomic E-state index is 13.1. The van der Waals surface area contributed by atoms with Gasteiger partial charge >= 0.3 is 0 Å². The molecule has 0 radical (unpaired) electrons. The van der Waals surface area contributed by atoms with E-state index in [4.69, 9.17) is 4.42 Å². The van der Waals surface area contributed by atoms with Crippen LogP contribution in [-0.4, -0.2) is 29.3 Å². The molecule has 0 saturated carbocycles. The fourth-order valence-corrected chi connectivity index (χ4v) is 3.05. The first-order chi connectivity index (χ1) is 11.2. The summed E-state index contributed by atoms with van der Waals surface area (Å²) in [5.74, 6) is -0.0812. The molecule has 120 valence electrons. The van der Waals surface area contributed by atoms with Gasteiger partial charge in [-0.15, -0.1) is 0 Å². The highest BCUT2D eigenvalue weighted by Crippen LogP contribution is 2.24. The van der Waals surface area contributed by atoms with Gasteiger partial charge in [0, 0.05) is 24.7 Å². The summed E-state index contributed by atoms with van der Waals surface area (Å²) in [5, 5.41) is 0. The van der Waals surface area contributed by atoms with E-state index in [1.54, 1.807) is 22.3 Å². The second-order valence-corrected chi connectivity index (χ2v) is 5.76. The second-order valence-electron chi connectivity index (χ2n) is 5.76. The van der Waals surface area contributed by atoms with Crippen molar-refractivity contribution in [3.63, 3.8) is 0 Å². The van der Waals surface area contributed by atoms with Crippen LogP contribution in [0.4, 0.5) is 5.69 Å². The van der Waals surface area contributed by atoms with Gasteiger partial charge < -0.3 is 14.2 Å². The van der Waals surface area contributed by atoms with Crippen molar-refractivity contribution in [2.75, 3.05) is 11.4 Å². The standard InChI is InChI=1S/C18H20N2O3/c1-14(21)19-10-5-8-17(19)18(22)20(12-15-9-11-23-13-15)16-6-3-2-4-7-16/h2-4,6-7,9,11,13,17H,5,8,10,12H2,1H3/t17-/m1/s1. The van der Waals surface area contributed by atoms with Crippen LogP contribution in [0.3, 0.4) is 0 Å². The number of carbonyl (C=O) groups excluding carboxylic acids is 2. The molecule has 1 saturated heterocycles. The number of hydrogen-bond acceptors (Lipinski definition) is 3. The second kappa shape index (κ2) is 6.69. The smallest absolute Gasteiger partial charge is 0.250 e. The number of para-hydroxylation sites is 1. The van der Waals surface area contributed by atoms with Gasteiger partial charge in [-0.1, -0.05) is 18.2 Å². The van der Waals surface area contributed by atoms with Crippen molar-refractivity contribution in [1.29, 1.82) is 0 Å². The number of hydrogen-bond donors (Lipinski definition) is 0. The van der Waals surface area contributed by atoms with Crippen molar-refractivity contribution in [1.82, 2.24) is 4.90 Å². The van der Waals surface area contributed by atoms with Gasteiger partial charge in [0.15, 0.2) is 0 Å². The van der Waals surface area contributed by atoms with Crippen LogP contribution >= 0.6 is 0 Å². The van der Waals surface area contributed by atoms with Gasteiger partial charge in [-0.25, -0.2) is 0 Å². The normalized spacial score (nSPS) is 17.3. The number of rotatable bonds is 4. The highest BCUT2D eigenvalue weighted by atomic mass is 16.3. The molecule has 1 aliphatic heterocycles. The van der Waals surface area contributed by atoms with Gasteiger partial charge in [0.25, 0.3) is 0 Å². The van der Waals surface area contributed by atoms with Crippen molar-refractivity contribution >= 4 is 17.5 Å². The number of furan rings is 1. The topological polar surface area (TPSA) is 53.8 Å². The number of nitrogens with zero attached hydrogens (tertiary/aromatic N) is 2. The molecule has 5 heteroatoms. The first-order valence-corrected chi connectivity index (χ1v) is 7.81. The van der Waals surface area contributed by atoms with E-state index in [1.165, 1.54) is 6.92 Å². The Labute approximate surface area is 135 Å². The monoisotopic (exact) mass is 312 g/mol. The van der Waals surface area contributed by atoms with Crippen molar-refractivity contribution in [3.05, 3.63) is 54.5 Å². The van der Waals surface area contributed by atoms with Crippen LogP contribution in [0.15, 0.2) is 53.3 Å². The summed E-state index contributed by atoms with van der Waals surface area (Å²) in [7, 11) is 0. The molecule has 5 nitrogen and oxygen atoms in total. The van der Waals surface area contributed by atoms with Gasteiger partial charge in [-0.2, -0.15) is 0 Å². The predicted octanol–water partition coefficient (Wildman–Crippen LogP) is 2.82. The lowest BCUT2D eigenvalue weighted by atomic mass is 10.1. The summed E-state index contributed by atoms with van der Waals surface area (Å²) in [4.78, 5) is 28.3. The van der Waals surface area contributed by atoms with E-state index in [-0.39, 0.29) is 17.9 Å². The highest BCUT2D eigenvalue weighted by molar-refractivity contribution is 5.99. The third kappa shape index (κ3) is 3.28. The number of benzene rings is 1. The fourth-order valence-electron chi connectivity index (χ4n) is 3.05. The van der Waals surface area contributed by atoms with Crippen LogP contribution in [0.5, 0.6) is 0 Å². The zero-order valence-electron chi connectivity index (χ0n) is 13.1. The zero-order chi connectivity index (χ0) is 16.2. The van der Waals surface area contributed by atoms with Gasteiger partial charge in [0.05, 0.1) is 19.1 Å². The molecule has 1 aromatic heterocycles. The Kier molecular flexibility index (Phi) is 4.46. The number of anilines is 1. The molecule has 0 N–H and O–H groups in total. The lowest BCUT2D eigenvalue weighted by Crippen LogP contribution is -2.47. The molecule has 2 heterocycles. The van der Waals surface area contributed by atoms with Crippen LogP contribution in [-0.2, 0) is 16.1 Å². The van der Waals surface area contributed by atoms with E-state index in [2.05, 4.69) is 0 Å². The number of amides is 2. The molecule has 2 amide bonds. The van der Waals surface area contributed by atoms with Crippen molar-refractivity contribution < 1.29 is 14.0 Å². The SMILES string of the molecule is CC(=O)N1CCC[C@@H]1C(=O)N(Cc1ccoc1)c1ccccc1. The van der Waals surface area contributed by atoms with Crippen molar-refractivity contribution in [2.45, 2.75) is 32.4 Å². The molecule has 0 spiro atoms. The van der Waals surface area contributed by atoms with Gasteiger partial charge in [0.2, 0.25) is 11.8 Å². The van der Waals surface area contributed by atoms with E-state index >= 15 is 0 Å². The maximum Gasteiger partial charge on any atom is 0.250 e. The first kappa shape index (κ1) is 15.3. The average Bonchev–Trinajstić information content (AvgIpc) is 3.24. The number of carbonyl (C=O) groups is 2. The molecular formula is C18H20N2O3. The minimum atomic E-state index is -0.375. The lowest BCUT2D eigenvalue weighted by Gasteiger charge is -2.29. The fraction of sp³-hybridized carbons (Fsp3) is 0.333. The molecule has 2 aromatic rings. The Morgan fingerprint density at radius 3 is 2.70 bits per heavy atom. The molecule has 3 rings (SSSR count). The summed E-state index contributed by atoms with van der Waals surface area (Å²) < 4.78 is 5.11. The van der Waals surface area contributed by atoms with Crippen molar-refractivity contribution in [2.24, 2.45) is 0 Å². The maximum atomic E-state index is 13.1. The summed E-state index contributed by atoms with van der Waals surface area (Å²) in [5.41, 5.74) is 1.75. The van der Waals surface area contributed by atoms with E-state index < -0.39 is 0 Å². The third-order valence-corrected chi connectivity index (χ3v) is 4.20. The predicted molar refractivity (Wildman–Crippen MR) is 86.7 cm³/mol. The highest BCUT2D eigenvalue weighted by Gasteiger charge is 2.35. The van der Waals surface area contributed by atoms with Crippen LogP contribution in [0.25, 0.3) is 0 Å². The quantitative estimate of drug-likeness (QED) is 0.872. The average molecular weight is 312 g/mol. The van der Waals surface area contributed by atoms with Crippen LogP contribution < -0.4 is 4.90 Å². The molecule has 1 aliphatic rings. The molecular weight excluding hydrogens is 292 g/mol. The van der Waals surface area contributed by atoms with E-state index in [9.17, 15) is 9.59 Å². The Bertz CT molecular complexity index is 667. The van der Waals surface area contributed by atoms with Gasteiger partial charge in [0.1, 0.15) is 6.04 Å². The van der Waals surface area contributed by atoms with E-state index in [0.717, 1.165) is 17.7 Å². The first-order valence-electron chi connectivity index (χ1n) is 7.81. The molecule has 1 aromatic carbocycles. The zero-order valence-corrected chi connectivity index (χ0v) is 13.1. The lowest BCUT2D eigenvalue weighted by molar-refractivity contribution is -0.135. The minimum absolute atomic E-state index is 0.0369. The number of likely N-dealkylation sites (tertiary alicyclic amines) is 1. The van der Waals surface area contributed by atoms with Crippen LogP contribution in [0, 0.1) is 0 Å². The van der Waals surface area contributed by atoms with E-state index in [0.29, 0.717) is 19.5 Å². The summed E-state index contributed by atoms with van der Waals surface area (Å²) >= 11 is 0. The Morgan fingerprint density at radius 2 is 2.04 bits per heavy atom. The Morgan fingerprint density at radius 1 is 1.26 bits per heavy atom. The summed E-state index contributed by atoms with van der Waals surface area (Å²) in [6, 6.07) is 11.0.